The molecule has 0 heterocycles. The van der Waals surface area contributed by atoms with Gasteiger partial charge in [0.2, 0.25) is 0 Å². The molecule has 2 fully saturated rings. The quantitative estimate of drug-likeness (QED) is 0.694. The molecule has 0 aromatic carbocycles. The van der Waals surface area contributed by atoms with Crippen LogP contribution in [-0.2, 0) is 9.47 Å². The van der Waals surface area contributed by atoms with Crippen LogP contribution in [0.3, 0.4) is 0 Å². The van der Waals surface area contributed by atoms with Crippen LogP contribution < -0.4 is 5.32 Å². The molecule has 0 radical (unpaired) electrons. The van der Waals surface area contributed by atoms with E-state index >= 15 is 0 Å². The second-order valence-electron chi connectivity index (χ2n) is 7.90. The van der Waals surface area contributed by atoms with Gasteiger partial charge in [-0.1, -0.05) is 6.42 Å². The van der Waals surface area contributed by atoms with Gasteiger partial charge in [0.25, 0.3) is 0 Å². The zero-order valence-electron chi connectivity index (χ0n) is 13.8. The molecule has 2 saturated carbocycles. The van der Waals surface area contributed by atoms with E-state index in [1.807, 2.05) is 0 Å². The van der Waals surface area contributed by atoms with E-state index in [0.29, 0.717) is 12.0 Å². The fourth-order valence-corrected chi connectivity index (χ4v) is 4.13. The second-order valence-corrected chi connectivity index (χ2v) is 7.90. The summed E-state index contributed by atoms with van der Waals surface area (Å²) in [5.74, 6) is 1.91. The van der Waals surface area contributed by atoms with Gasteiger partial charge in [-0.05, 0) is 63.7 Å². The van der Waals surface area contributed by atoms with Crippen molar-refractivity contribution < 1.29 is 9.47 Å². The highest BCUT2D eigenvalue weighted by atomic mass is 16.5. The normalized spacial score (nSPS) is 33.0. The van der Waals surface area contributed by atoms with Crippen LogP contribution in [0.1, 0.15) is 52.9 Å². The lowest BCUT2D eigenvalue weighted by molar-refractivity contribution is 0.0336. The van der Waals surface area contributed by atoms with E-state index in [4.69, 9.17) is 9.47 Å². The van der Waals surface area contributed by atoms with Crippen LogP contribution in [0, 0.1) is 17.3 Å². The maximum Gasteiger partial charge on any atom is 0.0700 e. The minimum Gasteiger partial charge on any atom is -0.382 e. The van der Waals surface area contributed by atoms with Gasteiger partial charge in [0.1, 0.15) is 0 Å². The van der Waals surface area contributed by atoms with Crippen molar-refractivity contribution >= 4 is 0 Å². The van der Waals surface area contributed by atoms with Gasteiger partial charge in [-0.3, -0.25) is 0 Å². The van der Waals surface area contributed by atoms with Crippen molar-refractivity contribution in [1.29, 1.82) is 0 Å². The van der Waals surface area contributed by atoms with E-state index in [1.165, 1.54) is 32.1 Å². The van der Waals surface area contributed by atoms with Gasteiger partial charge < -0.3 is 14.8 Å². The zero-order valence-corrected chi connectivity index (χ0v) is 13.8. The molecule has 2 aliphatic carbocycles. The number of hydrogen-bond acceptors (Lipinski definition) is 3. The van der Waals surface area contributed by atoms with Crippen LogP contribution in [0.2, 0.25) is 0 Å². The minimum atomic E-state index is 0.214. The van der Waals surface area contributed by atoms with Crippen LogP contribution in [0.25, 0.3) is 0 Å². The van der Waals surface area contributed by atoms with Gasteiger partial charge in [0, 0.05) is 25.8 Å². The van der Waals surface area contributed by atoms with Crippen LogP contribution in [0.4, 0.5) is 0 Å². The summed E-state index contributed by atoms with van der Waals surface area (Å²) in [6.07, 6.45) is 6.99. The van der Waals surface area contributed by atoms with Crippen LogP contribution >= 0.6 is 0 Å². The van der Waals surface area contributed by atoms with Gasteiger partial charge in [0.05, 0.1) is 13.2 Å². The highest BCUT2D eigenvalue weighted by Gasteiger charge is 2.50. The first-order valence-corrected chi connectivity index (χ1v) is 8.27. The molecule has 3 nitrogen and oxygen atoms in total. The van der Waals surface area contributed by atoms with E-state index in [2.05, 4.69) is 26.1 Å². The van der Waals surface area contributed by atoms with Crippen molar-refractivity contribution in [3.63, 3.8) is 0 Å². The highest BCUT2D eigenvalue weighted by molar-refractivity contribution is 5.02. The third-order valence-electron chi connectivity index (χ3n) is 5.25. The Bertz CT molecular complexity index is 300. The lowest BCUT2D eigenvalue weighted by Crippen LogP contribution is -2.46. The van der Waals surface area contributed by atoms with Gasteiger partial charge in [-0.15, -0.1) is 0 Å². The summed E-state index contributed by atoms with van der Waals surface area (Å²) in [4.78, 5) is 0. The molecule has 3 atom stereocenters. The molecule has 2 aliphatic rings. The van der Waals surface area contributed by atoms with E-state index in [0.717, 1.165) is 31.6 Å². The van der Waals surface area contributed by atoms with E-state index in [9.17, 15) is 0 Å². The molecule has 20 heavy (non-hydrogen) atoms. The highest BCUT2D eigenvalue weighted by Crippen LogP contribution is 2.57. The summed E-state index contributed by atoms with van der Waals surface area (Å²) in [6.45, 7) is 10.3. The lowest BCUT2D eigenvalue weighted by Gasteiger charge is -2.40. The van der Waals surface area contributed by atoms with Crippen molar-refractivity contribution in [1.82, 2.24) is 5.32 Å². The first-order chi connectivity index (χ1) is 9.45. The van der Waals surface area contributed by atoms with Crippen LogP contribution in [-0.4, -0.2) is 39.0 Å². The number of fused-ring (bicyclic) bond motifs is 2. The number of ether oxygens (including phenoxy) is 2. The largest absolute Gasteiger partial charge is 0.382 e. The Morgan fingerprint density at radius 2 is 1.95 bits per heavy atom. The van der Waals surface area contributed by atoms with Crippen molar-refractivity contribution in [2.45, 2.75) is 58.4 Å². The fourth-order valence-electron chi connectivity index (χ4n) is 4.13. The van der Waals surface area contributed by atoms with Gasteiger partial charge in [-0.2, -0.15) is 0 Å². The Morgan fingerprint density at radius 3 is 2.50 bits per heavy atom. The Labute approximate surface area is 124 Å². The molecule has 0 saturated heterocycles. The second kappa shape index (κ2) is 6.76. The number of methoxy groups -OCH3 is 1. The summed E-state index contributed by atoms with van der Waals surface area (Å²) in [5.41, 5.74) is 0.703. The number of nitrogens with one attached hydrogen (secondary N) is 1. The van der Waals surface area contributed by atoms with Crippen molar-refractivity contribution in [3.05, 3.63) is 0 Å². The smallest absolute Gasteiger partial charge is 0.0700 e. The fraction of sp³-hybridized carbons (Fsp3) is 1.00. The first-order valence-electron chi connectivity index (χ1n) is 8.27. The van der Waals surface area contributed by atoms with Gasteiger partial charge in [0.15, 0.2) is 0 Å². The summed E-state index contributed by atoms with van der Waals surface area (Å²) in [6, 6.07) is 0. The molecule has 0 spiro atoms. The third-order valence-corrected chi connectivity index (χ3v) is 5.25. The Hall–Kier alpha value is -0.120. The van der Waals surface area contributed by atoms with Gasteiger partial charge in [-0.25, -0.2) is 0 Å². The molecule has 2 bridgehead atoms. The average Bonchev–Trinajstić information content (AvgIpc) is 2.96. The Morgan fingerprint density at radius 1 is 1.15 bits per heavy atom. The molecule has 0 aliphatic heterocycles. The third kappa shape index (κ3) is 4.19. The maximum atomic E-state index is 5.75. The topological polar surface area (TPSA) is 30.5 Å². The van der Waals surface area contributed by atoms with Crippen molar-refractivity contribution in [3.8, 4) is 0 Å². The Kier molecular flexibility index (Phi) is 5.49. The molecular formula is C17H33NO2. The molecule has 2 rings (SSSR count). The molecule has 0 aromatic heterocycles. The summed E-state index contributed by atoms with van der Waals surface area (Å²) < 4.78 is 10.8. The predicted molar refractivity (Wildman–Crippen MR) is 82.9 cm³/mol. The van der Waals surface area contributed by atoms with Crippen LogP contribution in [0.5, 0.6) is 0 Å². The SMILES string of the molecule is COCCOCCC1(CNC(C)(C)C)CC2CCC1C2. The maximum absolute atomic E-state index is 5.75. The first kappa shape index (κ1) is 16.3. The molecule has 3 heteroatoms. The van der Waals surface area contributed by atoms with Crippen molar-refractivity contribution in [2.24, 2.45) is 17.3 Å². The lowest BCUT2D eigenvalue weighted by atomic mass is 9.70. The molecule has 0 aromatic rings. The number of rotatable bonds is 8. The average molecular weight is 283 g/mol. The standard InChI is InChI=1S/C17H33NO2/c1-16(2,3)18-13-17(7-8-20-10-9-19-4)12-14-5-6-15(17)11-14/h14-15,18H,5-13H2,1-4H3. The summed E-state index contributed by atoms with van der Waals surface area (Å²) >= 11 is 0. The predicted octanol–water partition coefficient (Wildman–Crippen LogP) is 3.23. The molecular weight excluding hydrogens is 250 g/mol. The van der Waals surface area contributed by atoms with E-state index in [1.54, 1.807) is 7.11 Å². The monoisotopic (exact) mass is 283 g/mol. The molecule has 0 amide bonds. The minimum absolute atomic E-state index is 0.214. The molecule has 118 valence electrons. The summed E-state index contributed by atoms with van der Waals surface area (Å²) in [5, 5.41) is 3.76. The van der Waals surface area contributed by atoms with Gasteiger partial charge >= 0.3 is 0 Å². The van der Waals surface area contributed by atoms with Crippen LogP contribution in [0.15, 0.2) is 0 Å². The van der Waals surface area contributed by atoms with E-state index in [-0.39, 0.29) is 5.54 Å². The molecule has 1 N–H and O–H groups in total. The molecule has 3 unspecified atom stereocenters. The number of hydrogen-bond donors (Lipinski definition) is 1. The van der Waals surface area contributed by atoms with Crippen molar-refractivity contribution in [2.75, 3.05) is 33.5 Å². The van der Waals surface area contributed by atoms with E-state index < -0.39 is 0 Å². The Balaban J connectivity index is 1.85. The summed E-state index contributed by atoms with van der Waals surface area (Å²) in [7, 11) is 1.73. The zero-order chi connectivity index (χ0) is 14.6.